The maximum atomic E-state index is 6.12. The fraction of sp³-hybridized carbons (Fsp3) is 0.571. The van der Waals surface area contributed by atoms with Gasteiger partial charge in [0.15, 0.2) is 0 Å². The van der Waals surface area contributed by atoms with E-state index in [0.29, 0.717) is 0 Å². The van der Waals surface area contributed by atoms with Gasteiger partial charge >= 0.3 is 0 Å². The van der Waals surface area contributed by atoms with E-state index in [9.17, 15) is 0 Å². The first-order valence-electron chi connectivity index (χ1n) is 6.03. The number of nitrogens with zero attached hydrogens (tertiary/aromatic N) is 1. The maximum absolute atomic E-state index is 6.12. The van der Waals surface area contributed by atoms with Crippen LogP contribution in [0.1, 0.15) is 39.7 Å². The Labute approximate surface area is 118 Å². The van der Waals surface area contributed by atoms with Crippen LogP contribution >= 0.6 is 27.5 Å². The highest BCUT2D eigenvalue weighted by Gasteiger charge is 2.20. The van der Waals surface area contributed by atoms with Crippen molar-refractivity contribution in [2.24, 2.45) is 0 Å². The molecule has 1 aromatic carbocycles. The lowest BCUT2D eigenvalue weighted by Gasteiger charge is -2.35. The molecule has 0 unspecified atom stereocenters. The first kappa shape index (κ1) is 15.0. The molecule has 0 amide bonds. The van der Waals surface area contributed by atoms with Crippen molar-refractivity contribution in [1.82, 2.24) is 4.90 Å². The van der Waals surface area contributed by atoms with Crippen LogP contribution in [0.5, 0.6) is 0 Å². The first-order chi connectivity index (χ1) is 7.84. The zero-order valence-corrected chi connectivity index (χ0v) is 13.4. The average Bonchev–Trinajstić information content (AvgIpc) is 2.21. The van der Waals surface area contributed by atoms with Crippen molar-refractivity contribution in [2.75, 3.05) is 6.54 Å². The quantitative estimate of drug-likeness (QED) is 0.745. The van der Waals surface area contributed by atoms with Crippen molar-refractivity contribution in [3.8, 4) is 0 Å². The van der Waals surface area contributed by atoms with Gasteiger partial charge in [0.25, 0.3) is 0 Å². The molecule has 0 saturated carbocycles. The van der Waals surface area contributed by atoms with Gasteiger partial charge in [0.2, 0.25) is 0 Å². The molecular formula is C14H21BrClN. The SMILES string of the molecule is CCCN(Cc1ccc(Br)c(Cl)c1)C(C)(C)C. The van der Waals surface area contributed by atoms with Crippen LogP contribution in [0.25, 0.3) is 0 Å². The summed E-state index contributed by atoms with van der Waals surface area (Å²) in [6, 6.07) is 6.19. The molecule has 0 heterocycles. The largest absolute Gasteiger partial charge is 0.294 e. The number of halogens is 2. The summed E-state index contributed by atoms with van der Waals surface area (Å²) in [4.78, 5) is 2.48. The minimum atomic E-state index is 0.190. The molecule has 96 valence electrons. The summed E-state index contributed by atoms with van der Waals surface area (Å²) in [6.45, 7) is 11.0. The van der Waals surface area contributed by atoms with E-state index in [1.807, 2.05) is 12.1 Å². The zero-order valence-electron chi connectivity index (χ0n) is 11.1. The van der Waals surface area contributed by atoms with Gasteiger partial charge in [0.1, 0.15) is 0 Å². The highest BCUT2D eigenvalue weighted by atomic mass is 79.9. The Hall–Kier alpha value is -0.0500. The molecule has 0 fully saturated rings. The molecule has 1 aromatic rings. The standard InChI is InChI=1S/C14H21BrClN/c1-5-8-17(14(2,3)4)10-11-6-7-12(15)13(16)9-11/h6-7,9H,5,8,10H2,1-4H3. The lowest BCUT2D eigenvalue weighted by Crippen LogP contribution is -2.41. The van der Waals surface area contributed by atoms with Gasteiger partial charge in [-0.3, -0.25) is 4.90 Å². The molecule has 0 bridgehead atoms. The van der Waals surface area contributed by atoms with E-state index in [1.165, 1.54) is 12.0 Å². The van der Waals surface area contributed by atoms with E-state index in [-0.39, 0.29) is 5.54 Å². The van der Waals surface area contributed by atoms with Crippen molar-refractivity contribution in [2.45, 2.75) is 46.2 Å². The second kappa shape index (κ2) is 6.21. The van der Waals surface area contributed by atoms with Crippen LogP contribution in [0.3, 0.4) is 0 Å². The summed E-state index contributed by atoms with van der Waals surface area (Å²) in [5.41, 5.74) is 1.46. The van der Waals surface area contributed by atoms with Crippen molar-refractivity contribution in [1.29, 1.82) is 0 Å². The van der Waals surface area contributed by atoms with Crippen molar-refractivity contribution in [3.63, 3.8) is 0 Å². The Balaban J connectivity index is 2.82. The minimum absolute atomic E-state index is 0.190. The van der Waals surface area contributed by atoms with E-state index >= 15 is 0 Å². The average molecular weight is 319 g/mol. The van der Waals surface area contributed by atoms with Crippen LogP contribution in [0.2, 0.25) is 5.02 Å². The summed E-state index contributed by atoms with van der Waals surface area (Å²) in [7, 11) is 0. The fourth-order valence-electron chi connectivity index (χ4n) is 1.78. The van der Waals surface area contributed by atoms with Gasteiger partial charge in [-0.15, -0.1) is 0 Å². The number of hydrogen-bond donors (Lipinski definition) is 0. The van der Waals surface area contributed by atoms with Gasteiger partial charge in [0.05, 0.1) is 5.02 Å². The molecule has 0 saturated heterocycles. The Morgan fingerprint density at radius 2 is 1.94 bits per heavy atom. The predicted octanol–water partition coefficient (Wildman–Crippen LogP) is 5.11. The lowest BCUT2D eigenvalue weighted by molar-refractivity contribution is 0.128. The number of benzene rings is 1. The Morgan fingerprint density at radius 1 is 1.29 bits per heavy atom. The van der Waals surface area contributed by atoms with Gasteiger partial charge in [-0.1, -0.05) is 24.6 Å². The summed E-state index contributed by atoms with van der Waals surface area (Å²) in [5, 5.41) is 0.785. The molecular weight excluding hydrogens is 298 g/mol. The summed E-state index contributed by atoms with van der Waals surface area (Å²) in [6.07, 6.45) is 1.17. The molecule has 1 rings (SSSR count). The molecule has 0 radical (unpaired) electrons. The van der Waals surface area contributed by atoms with Crippen LogP contribution in [-0.4, -0.2) is 17.0 Å². The summed E-state index contributed by atoms with van der Waals surface area (Å²) >= 11 is 9.54. The van der Waals surface area contributed by atoms with Gasteiger partial charge < -0.3 is 0 Å². The van der Waals surface area contributed by atoms with Crippen LogP contribution in [-0.2, 0) is 6.54 Å². The molecule has 0 aliphatic carbocycles. The topological polar surface area (TPSA) is 3.24 Å². The van der Waals surface area contributed by atoms with E-state index in [4.69, 9.17) is 11.6 Å². The lowest BCUT2D eigenvalue weighted by atomic mass is 10.0. The normalized spacial score (nSPS) is 12.2. The van der Waals surface area contributed by atoms with Crippen LogP contribution < -0.4 is 0 Å². The number of rotatable bonds is 4. The maximum Gasteiger partial charge on any atom is 0.0551 e. The van der Waals surface area contributed by atoms with E-state index in [2.05, 4.69) is 54.6 Å². The molecule has 0 aliphatic rings. The number of hydrogen-bond acceptors (Lipinski definition) is 1. The Morgan fingerprint density at radius 3 is 2.41 bits per heavy atom. The molecule has 3 heteroatoms. The molecule has 17 heavy (non-hydrogen) atoms. The monoisotopic (exact) mass is 317 g/mol. The Kier molecular flexibility index (Phi) is 5.49. The van der Waals surface area contributed by atoms with Crippen molar-refractivity contribution in [3.05, 3.63) is 33.3 Å². The first-order valence-corrected chi connectivity index (χ1v) is 7.20. The van der Waals surface area contributed by atoms with Crippen LogP contribution in [0.4, 0.5) is 0 Å². The summed E-state index contributed by atoms with van der Waals surface area (Å²) < 4.78 is 0.959. The third kappa shape index (κ3) is 4.61. The van der Waals surface area contributed by atoms with Gasteiger partial charge in [-0.2, -0.15) is 0 Å². The summed E-state index contributed by atoms with van der Waals surface area (Å²) in [5.74, 6) is 0. The predicted molar refractivity (Wildman–Crippen MR) is 79.6 cm³/mol. The second-order valence-electron chi connectivity index (χ2n) is 5.34. The molecule has 1 nitrogen and oxygen atoms in total. The minimum Gasteiger partial charge on any atom is -0.294 e. The third-order valence-corrected chi connectivity index (χ3v) is 4.03. The fourth-order valence-corrected chi connectivity index (χ4v) is 2.23. The zero-order chi connectivity index (χ0) is 13.1. The van der Waals surface area contributed by atoms with Gasteiger partial charge in [0, 0.05) is 16.6 Å². The van der Waals surface area contributed by atoms with Crippen molar-refractivity contribution >= 4 is 27.5 Å². The Bertz CT molecular complexity index is 371. The van der Waals surface area contributed by atoms with Crippen LogP contribution in [0, 0.1) is 0 Å². The van der Waals surface area contributed by atoms with E-state index in [1.54, 1.807) is 0 Å². The smallest absolute Gasteiger partial charge is 0.0551 e. The highest BCUT2D eigenvalue weighted by molar-refractivity contribution is 9.10. The van der Waals surface area contributed by atoms with Crippen LogP contribution in [0.15, 0.2) is 22.7 Å². The highest BCUT2D eigenvalue weighted by Crippen LogP contribution is 2.25. The molecule has 0 aliphatic heterocycles. The van der Waals surface area contributed by atoms with Gasteiger partial charge in [-0.05, 0) is 67.4 Å². The molecule has 0 atom stereocenters. The van der Waals surface area contributed by atoms with Crippen molar-refractivity contribution < 1.29 is 0 Å². The second-order valence-corrected chi connectivity index (χ2v) is 6.60. The molecule has 0 spiro atoms. The molecule has 0 N–H and O–H groups in total. The van der Waals surface area contributed by atoms with E-state index in [0.717, 1.165) is 22.6 Å². The van der Waals surface area contributed by atoms with Gasteiger partial charge in [-0.25, -0.2) is 0 Å². The van der Waals surface area contributed by atoms with E-state index < -0.39 is 0 Å². The third-order valence-electron chi connectivity index (χ3n) is 2.80. The molecule has 0 aromatic heterocycles.